The Morgan fingerprint density at radius 2 is 2.10 bits per heavy atom. The summed E-state index contributed by atoms with van der Waals surface area (Å²) in [5, 5.41) is 10.2. The lowest BCUT2D eigenvalue weighted by atomic mass is 9.95. The van der Waals surface area contributed by atoms with Gasteiger partial charge in [-0.3, -0.25) is 14.7 Å². The van der Waals surface area contributed by atoms with Gasteiger partial charge in [-0.1, -0.05) is 36.8 Å². The van der Waals surface area contributed by atoms with Crippen molar-refractivity contribution in [2.75, 3.05) is 44.3 Å². The number of fused-ring (bicyclic) bond motifs is 1. The van der Waals surface area contributed by atoms with E-state index in [1.807, 2.05) is 31.2 Å². The summed E-state index contributed by atoms with van der Waals surface area (Å²) in [4.78, 5) is 25.1. The Morgan fingerprint density at radius 3 is 2.86 bits per heavy atom. The summed E-state index contributed by atoms with van der Waals surface area (Å²) in [6, 6.07) is 7.93. The second-order valence-corrected chi connectivity index (χ2v) is 8.51. The van der Waals surface area contributed by atoms with Gasteiger partial charge >= 0.3 is 0 Å². The van der Waals surface area contributed by atoms with Gasteiger partial charge in [-0.05, 0) is 25.5 Å². The number of hydrazone groups is 1. The minimum atomic E-state index is -0.356. The number of amides is 1. The molecule has 1 aromatic heterocycles. The molecule has 1 fully saturated rings. The highest BCUT2D eigenvalue weighted by Gasteiger charge is 2.39. The van der Waals surface area contributed by atoms with Crippen molar-refractivity contribution in [3.05, 3.63) is 24.3 Å². The van der Waals surface area contributed by atoms with E-state index >= 15 is 0 Å². The molecule has 0 spiro atoms. The highest BCUT2D eigenvalue weighted by atomic mass is 32.1. The Labute approximate surface area is 175 Å². The highest BCUT2D eigenvalue weighted by Crippen LogP contribution is 2.33. The van der Waals surface area contributed by atoms with Gasteiger partial charge in [0, 0.05) is 38.4 Å². The molecule has 1 N–H and O–H groups in total. The van der Waals surface area contributed by atoms with E-state index in [0.717, 1.165) is 73.8 Å². The maximum atomic E-state index is 13.3. The predicted octanol–water partition coefficient (Wildman–Crippen LogP) is 2.78. The third-order valence-electron chi connectivity index (χ3n) is 5.39. The van der Waals surface area contributed by atoms with Crippen LogP contribution >= 0.6 is 11.3 Å². The number of aromatic nitrogens is 1. The molecule has 3 heterocycles. The average molecular weight is 413 g/mol. The van der Waals surface area contributed by atoms with Crippen LogP contribution in [0, 0.1) is 5.92 Å². The summed E-state index contributed by atoms with van der Waals surface area (Å²) < 4.78 is 1.06. The molecule has 8 heteroatoms. The zero-order chi connectivity index (χ0) is 20.2. The van der Waals surface area contributed by atoms with Crippen LogP contribution in [0.5, 0.6) is 0 Å². The number of rotatable bonds is 7. The van der Waals surface area contributed by atoms with E-state index in [2.05, 4.69) is 27.2 Å². The summed E-state index contributed by atoms with van der Waals surface area (Å²) in [6.45, 7) is 9.92. The molecule has 0 radical (unpaired) electrons. The lowest BCUT2D eigenvalue weighted by molar-refractivity contribution is -0.118. The Morgan fingerprint density at radius 1 is 1.31 bits per heavy atom. The van der Waals surface area contributed by atoms with Crippen molar-refractivity contribution in [2.45, 2.75) is 26.7 Å². The topological polar surface area (TPSA) is 73.2 Å². The van der Waals surface area contributed by atoms with E-state index in [4.69, 9.17) is 4.99 Å². The summed E-state index contributed by atoms with van der Waals surface area (Å²) in [5.41, 5.74) is 2.67. The summed E-state index contributed by atoms with van der Waals surface area (Å²) in [6.07, 6.45) is 1.74. The monoisotopic (exact) mass is 412 g/mol. The smallest absolute Gasteiger partial charge is 0.264 e. The number of hydrogen-bond donors (Lipinski definition) is 1. The first-order chi connectivity index (χ1) is 14.2. The van der Waals surface area contributed by atoms with E-state index < -0.39 is 0 Å². The maximum absolute atomic E-state index is 13.3. The first kappa shape index (κ1) is 20.1. The molecular formula is C21H28N6OS. The van der Waals surface area contributed by atoms with Gasteiger partial charge in [-0.2, -0.15) is 10.1 Å². The van der Waals surface area contributed by atoms with Crippen LogP contribution in [-0.4, -0.2) is 66.5 Å². The molecule has 7 nitrogen and oxygen atoms in total. The standard InChI is InChI=1S/C21H28N6OS/c1-3-6-17-19(15(2)23-11-14-26-12-9-22-10-13-26)20(28)27(25-17)21-24-16-7-4-5-8-18(16)29-21/h4-5,7-8,19,22H,3,6,9-14H2,1-2H3/t19-/m1/s1. The number of carbonyl (C=O) groups excluding carboxylic acids is 1. The third kappa shape index (κ3) is 4.39. The molecule has 0 saturated carbocycles. The van der Waals surface area contributed by atoms with Crippen LogP contribution in [0.3, 0.4) is 0 Å². The fraction of sp³-hybridized carbons (Fsp3) is 0.524. The molecule has 1 amide bonds. The van der Waals surface area contributed by atoms with Crippen LogP contribution in [0.25, 0.3) is 10.2 Å². The van der Waals surface area contributed by atoms with Crippen LogP contribution < -0.4 is 10.3 Å². The molecule has 154 valence electrons. The molecule has 1 aromatic carbocycles. The summed E-state index contributed by atoms with van der Waals surface area (Å²) >= 11 is 1.50. The summed E-state index contributed by atoms with van der Waals surface area (Å²) in [5.74, 6) is -0.388. The zero-order valence-corrected chi connectivity index (χ0v) is 17.9. The Hall–Kier alpha value is -2.16. The second kappa shape index (κ2) is 9.11. The van der Waals surface area contributed by atoms with Crippen molar-refractivity contribution >= 4 is 44.0 Å². The Balaban J connectivity index is 1.50. The third-order valence-corrected chi connectivity index (χ3v) is 6.40. The second-order valence-electron chi connectivity index (χ2n) is 7.50. The number of thiazole rings is 1. The predicted molar refractivity (Wildman–Crippen MR) is 120 cm³/mol. The zero-order valence-electron chi connectivity index (χ0n) is 17.1. The van der Waals surface area contributed by atoms with Crippen molar-refractivity contribution in [3.63, 3.8) is 0 Å². The molecule has 0 aliphatic carbocycles. The summed E-state index contributed by atoms with van der Waals surface area (Å²) in [7, 11) is 0. The van der Waals surface area contributed by atoms with E-state index in [9.17, 15) is 4.79 Å². The first-order valence-corrected chi connectivity index (χ1v) is 11.2. The Kier molecular flexibility index (Phi) is 6.32. The van der Waals surface area contributed by atoms with Crippen molar-refractivity contribution in [2.24, 2.45) is 16.0 Å². The first-order valence-electron chi connectivity index (χ1n) is 10.4. The lowest BCUT2D eigenvalue weighted by Crippen LogP contribution is -2.44. The molecule has 1 saturated heterocycles. The molecule has 2 aliphatic heterocycles. The van der Waals surface area contributed by atoms with Crippen LogP contribution in [-0.2, 0) is 4.79 Å². The van der Waals surface area contributed by atoms with Gasteiger partial charge in [-0.15, -0.1) is 0 Å². The number of carbonyl (C=O) groups is 1. The van der Waals surface area contributed by atoms with Crippen LogP contribution in [0.15, 0.2) is 34.4 Å². The van der Waals surface area contributed by atoms with Gasteiger partial charge in [0.25, 0.3) is 5.91 Å². The largest absolute Gasteiger partial charge is 0.314 e. The average Bonchev–Trinajstić information content (AvgIpc) is 3.30. The van der Waals surface area contributed by atoms with E-state index in [0.29, 0.717) is 5.13 Å². The molecule has 1 atom stereocenters. The molecule has 29 heavy (non-hydrogen) atoms. The van der Waals surface area contributed by atoms with Crippen molar-refractivity contribution in [1.82, 2.24) is 15.2 Å². The van der Waals surface area contributed by atoms with Crippen molar-refractivity contribution in [3.8, 4) is 0 Å². The molecule has 2 aliphatic rings. The number of piperazine rings is 1. The van der Waals surface area contributed by atoms with Gasteiger partial charge in [0.1, 0.15) is 5.92 Å². The fourth-order valence-electron chi connectivity index (χ4n) is 3.85. The molecule has 0 unspecified atom stereocenters. The van der Waals surface area contributed by atoms with Gasteiger partial charge in [0.05, 0.1) is 22.5 Å². The molecule has 2 aromatic rings. The van der Waals surface area contributed by atoms with Crippen molar-refractivity contribution in [1.29, 1.82) is 0 Å². The van der Waals surface area contributed by atoms with Gasteiger partial charge in [0.2, 0.25) is 5.13 Å². The van der Waals surface area contributed by atoms with Crippen molar-refractivity contribution < 1.29 is 4.79 Å². The normalized spacial score (nSPS) is 21.2. The van der Waals surface area contributed by atoms with E-state index in [1.165, 1.54) is 16.3 Å². The fourth-order valence-corrected chi connectivity index (χ4v) is 4.77. The van der Waals surface area contributed by atoms with Gasteiger partial charge < -0.3 is 5.32 Å². The SMILES string of the molecule is CCCC1=NN(c2nc3ccccc3s2)C(=O)[C@@H]1C(C)=NCCN1CCNCC1. The number of aliphatic imine (C=N–C) groups is 1. The molecule has 0 bridgehead atoms. The van der Waals surface area contributed by atoms with Gasteiger partial charge in [0.15, 0.2) is 0 Å². The van der Waals surface area contributed by atoms with E-state index in [1.54, 1.807) is 0 Å². The van der Waals surface area contributed by atoms with Gasteiger partial charge in [-0.25, -0.2) is 4.98 Å². The number of hydrogen-bond acceptors (Lipinski definition) is 7. The van der Waals surface area contributed by atoms with Crippen LogP contribution in [0.4, 0.5) is 5.13 Å². The number of benzene rings is 1. The molecule has 4 rings (SSSR count). The maximum Gasteiger partial charge on any atom is 0.264 e. The lowest BCUT2D eigenvalue weighted by Gasteiger charge is -2.26. The van der Waals surface area contributed by atoms with Crippen LogP contribution in [0.2, 0.25) is 0 Å². The minimum Gasteiger partial charge on any atom is -0.314 e. The number of anilines is 1. The van der Waals surface area contributed by atoms with Crippen LogP contribution in [0.1, 0.15) is 26.7 Å². The Bertz CT molecular complexity index is 897. The number of nitrogens with one attached hydrogen (secondary N) is 1. The molecular weight excluding hydrogens is 384 g/mol. The minimum absolute atomic E-state index is 0.0315. The number of nitrogens with zero attached hydrogens (tertiary/aromatic N) is 5. The quantitative estimate of drug-likeness (QED) is 0.710. The number of para-hydroxylation sites is 1. The van der Waals surface area contributed by atoms with E-state index in [-0.39, 0.29) is 11.8 Å². The highest BCUT2D eigenvalue weighted by molar-refractivity contribution is 7.22.